The van der Waals surface area contributed by atoms with Crippen LogP contribution < -0.4 is 10.1 Å². The fraction of sp³-hybridized carbons (Fsp3) is 0.364. The first-order valence-corrected chi connectivity index (χ1v) is 9.27. The van der Waals surface area contributed by atoms with Crippen LogP contribution in [0.25, 0.3) is 0 Å². The van der Waals surface area contributed by atoms with E-state index in [1.54, 1.807) is 18.9 Å². The molecule has 5 heteroatoms. The monoisotopic (exact) mass is 368 g/mol. The molecule has 0 spiro atoms. The molecule has 0 unspecified atom stereocenters. The molecule has 1 N–H and O–H groups in total. The Morgan fingerprint density at radius 1 is 0.926 bits per heavy atom. The highest BCUT2D eigenvalue weighted by Gasteiger charge is 2.11. The third-order valence-corrected chi connectivity index (χ3v) is 4.46. The Bertz CT molecular complexity index is 714. The minimum Gasteiger partial charge on any atom is -0.497 e. The molecule has 2 rings (SSSR count). The van der Waals surface area contributed by atoms with E-state index < -0.39 is 0 Å². The van der Waals surface area contributed by atoms with Crippen molar-refractivity contribution >= 4 is 11.8 Å². The predicted octanol–water partition coefficient (Wildman–Crippen LogP) is 2.84. The number of ether oxygens (including phenoxy) is 1. The summed E-state index contributed by atoms with van der Waals surface area (Å²) in [4.78, 5) is 25.6. The molecule has 0 saturated heterocycles. The summed E-state index contributed by atoms with van der Waals surface area (Å²) in [6, 6.07) is 17.9. The molecule has 0 saturated carbocycles. The van der Waals surface area contributed by atoms with Crippen LogP contribution >= 0.6 is 0 Å². The maximum atomic E-state index is 12.0. The van der Waals surface area contributed by atoms with Crippen LogP contribution in [0.2, 0.25) is 0 Å². The van der Waals surface area contributed by atoms with Gasteiger partial charge in [-0.1, -0.05) is 42.5 Å². The summed E-state index contributed by atoms with van der Waals surface area (Å²) in [5.74, 6) is 0.775. The number of methoxy groups -OCH3 is 1. The quantitative estimate of drug-likeness (QED) is 0.702. The molecule has 0 atom stereocenters. The second-order valence-electron chi connectivity index (χ2n) is 6.44. The van der Waals surface area contributed by atoms with E-state index in [1.807, 2.05) is 54.6 Å². The van der Waals surface area contributed by atoms with E-state index >= 15 is 0 Å². The minimum absolute atomic E-state index is 0.0133. The molecule has 5 nitrogen and oxygen atoms in total. The van der Waals surface area contributed by atoms with Crippen molar-refractivity contribution in [2.45, 2.75) is 26.2 Å². The highest BCUT2D eigenvalue weighted by Crippen LogP contribution is 2.12. The van der Waals surface area contributed by atoms with Gasteiger partial charge in [0.2, 0.25) is 11.8 Å². The van der Waals surface area contributed by atoms with Gasteiger partial charge in [0.15, 0.2) is 0 Å². The van der Waals surface area contributed by atoms with Crippen LogP contribution in [0, 0.1) is 0 Å². The van der Waals surface area contributed by atoms with E-state index in [9.17, 15) is 9.59 Å². The first-order valence-electron chi connectivity index (χ1n) is 9.27. The van der Waals surface area contributed by atoms with Gasteiger partial charge in [-0.25, -0.2) is 0 Å². The lowest BCUT2D eigenvalue weighted by atomic mass is 10.1. The van der Waals surface area contributed by atoms with Gasteiger partial charge >= 0.3 is 0 Å². The highest BCUT2D eigenvalue weighted by atomic mass is 16.5. The molecular weight excluding hydrogens is 340 g/mol. The summed E-state index contributed by atoms with van der Waals surface area (Å²) in [6.07, 6.45) is 1.87. The molecule has 0 aromatic heterocycles. The van der Waals surface area contributed by atoms with Crippen LogP contribution in [0.3, 0.4) is 0 Å². The Hall–Kier alpha value is -2.82. The van der Waals surface area contributed by atoms with E-state index in [-0.39, 0.29) is 11.8 Å². The average molecular weight is 368 g/mol. The minimum atomic E-state index is -0.0263. The zero-order valence-electron chi connectivity index (χ0n) is 16.1. The Morgan fingerprint density at radius 3 is 2.22 bits per heavy atom. The molecule has 2 aromatic carbocycles. The maximum Gasteiger partial charge on any atom is 0.221 e. The summed E-state index contributed by atoms with van der Waals surface area (Å²) in [7, 11) is 1.64. The third kappa shape index (κ3) is 7.52. The van der Waals surface area contributed by atoms with Crippen molar-refractivity contribution in [3.8, 4) is 5.75 Å². The Labute approximate surface area is 161 Å². The van der Waals surface area contributed by atoms with Gasteiger partial charge in [0.1, 0.15) is 5.75 Å². The van der Waals surface area contributed by atoms with Crippen LogP contribution in [0.4, 0.5) is 0 Å². The fourth-order valence-corrected chi connectivity index (χ4v) is 2.80. The number of nitrogens with zero attached hydrogens (tertiary/aromatic N) is 1. The second-order valence-corrected chi connectivity index (χ2v) is 6.44. The van der Waals surface area contributed by atoms with E-state index in [2.05, 4.69) is 5.32 Å². The lowest BCUT2D eigenvalue weighted by molar-refractivity contribution is -0.129. The van der Waals surface area contributed by atoms with Crippen molar-refractivity contribution in [3.63, 3.8) is 0 Å². The van der Waals surface area contributed by atoms with Gasteiger partial charge in [0.25, 0.3) is 0 Å². The van der Waals surface area contributed by atoms with Gasteiger partial charge < -0.3 is 15.0 Å². The number of amides is 2. The predicted molar refractivity (Wildman–Crippen MR) is 107 cm³/mol. The number of nitrogens with one attached hydrogen (secondary N) is 1. The molecule has 27 heavy (non-hydrogen) atoms. The van der Waals surface area contributed by atoms with Crippen LogP contribution in [0.1, 0.15) is 24.5 Å². The summed E-state index contributed by atoms with van der Waals surface area (Å²) < 4.78 is 5.15. The molecule has 0 radical (unpaired) electrons. The van der Waals surface area contributed by atoms with Gasteiger partial charge in [-0.3, -0.25) is 9.59 Å². The van der Waals surface area contributed by atoms with Crippen LogP contribution in [-0.2, 0) is 22.4 Å². The molecule has 2 amide bonds. The SMILES string of the molecule is COc1ccc(CCN(CCC(=O)NCCc2ccccc2)C(C)=O)cc1. The Kier molecular flexibility index (Phi) is 8.36. The van der Waals surface area contributed by atoms with Gasteiger partial charge in [0, 0.05) is 33.0 Å². The molecule has 0 aliphatic rings. The molecule has 0 aliphatic heterocycles. The van der Waals surface area contributed by atoms with E-state index in [0.29, 0.717) is 26.1 Å². The number of carbonyl (C=O) groups excluding carboxylic acids is 2. The van der Waals surface area contributed by atoms with Crippen LogP contribution in [0.15, 0.2) is 54.6 Å². The number of rotatable bonds is 10. The number of carbonyl (C=O) groups is 2. The fourth-order valence-electron chi connectivity index (χ4n) is 2.80. The molecule has 144 valence electrons. The van der Waals surface area contributed by atoms with E-state index in [1.165, 1.54) is 5.56 Å². The van der Waals surface area contributed by atoms with Gasteiger partial charge in [-0.2, -0.15) is 0 Å². The van der Waals surface area contributed by atoms with Gasteiger partial charge in [-0.15, -0.1) is 0 Å². The number of hydrogen-bond acceptors (Lipinski definition) is 3. The van der Waals surface area contributed by atoms with Crippen molar-refractivity contribution in [1.29, 1.82) is 0 Å². The standard InChI is InChI=1S/C22H28N2O3/c1-18(25)24(16-13-20-8-10-21(27-2)11-9-20)17-14-22(26)23-15-12-19-6-4-3-5-7-19/h3-11H,12-17H2,1-2H3,(H,23,26). The summed E-state index contributed by atoms with van der Waals surface area (Å²) in [5, 5.41) is 2.92. The largest absolute Gasteiger partial charge is 0.497 e. The smallest absolute Gasteiger partial charge is 0.221 e. The van der Waals surface area contributed by atoms with E-state index in [0.717, 1.165) is 24.2 Å². The molecule has 2 aromatic rings. The topological polar surface area (TPSA) is 58.6 Å². The molecular formula is C22H28N2O3. The summed E-state index contributed by atoms with van der Waals surface area (Å²) in [6.45, 7) is 3.18. The van der Waals surface area contributed by atoms with Crippen molar-refractivity contribution < 1.29 is 14.3 Å². The first-order chi connectivity index (χ1) is 13.1. The van der Waals surface area contributed by atoms with Crippen LogP contribution in [-0.4, -0.2) is 43.5 Å². The van der Waals surface area contributed by atoms with Crippen LogP contribution in [0.5, 0.6) is 5.75 Å². The maximum absolute atomic E-state index is 12.0. The third-order valence-electron chi connectivity index (χ3n) is 4.46. The second kappa shape index (κ2) is 11.0. The normalized spacial score (nSPS) is 10.3. The number of hydrogen-bond donors (Lipinski definition) is 1. The Morgan fingerprint density at radius 2 is 1.59 bits per heavy atom. The zero-order chi connectivity index (χ0) is 19.5. The van der Waals surface area contributed by atoms with Crippen molar-refractivity contribution in [2.75, 3.05) is 26.7 Å². The highest BCUT2D eigenvalue weighted by molar-refractivity contribution is 5.78. The summed E-state index contributed by atoms with van der Waals surface area (Å²) in [5.41, 5.74) is 2.33. The van der Waals surface area contributed by atoms with Crippen molar-refractivity contribution in [3.05, 3.63) is 65.7 Å². The first kappa shape index (κ1) is 20.5. The van der Waals surface area contributed by atoms with Gasteiger partial charge in [0.05, 0.1) is 7.11 Å². The zero-order valence-corrected chi connectivity index (χ0v) is 16.1. The lowest BCUT2D eigenvalue weighted by Crippen LogP contribution is -2.35. The molecule has 0 fully saturated rings. The number of benzene rings is 2. The van der Waals surface area contributed by atoms with Gasteiger partial charge in [-0.05, 0) is 36.1 Å². The van der Waals surface area contributed by atoms with Crippen molar-refractivity contribution in [2.24, 2.45) is 0 Å². The lowest BCUT2D eigenvalue weighted by Gasteiger charge is -2.21. The molecule has 0 heterocycles. The average Bonchev–Trinajstić information content (AvgIpc) is 2.69. The van der Waals surface area contributed by atoms with E-state index in [4.69, 9.17) is 4.74 Å². The Balaban J connectivity index is 1.71. The summed E-state index contributed by atoms with van der Waals surface area (Å²) >= 11 is 0. The van der Waals surface area contributed by atoms with Crippen molar-refractivity contribution in [1.82, 2.24) is 10.2 Å². The molecule has 0 bridgehead atoms. The molecule has 0 aliphatic carbocycles.